The molecule has 100 valence electrons. The van der Waals surface area contributed by atoms with Gasteiger partial charge in [0.2, 0.25) is 0 Å². The van der Waals surface area contributed by atoms with Crippen molar-refractivity contribution in [3.05, 3.63) is 42.0 Å². The van der Waals surface area contributed by atoms with Gasteiger partial charge >= 0.3 is 117 Å². The summed E-state index contributed by atoms with van der Waals surface area (Å²) in [6.45, 7) is 8.48. The second kappa shape index (κ2) is 7.78. The molecule has 1 rings (SSSR count). The Morgan fingerprint density at radius 3 is 2.39 bits per heavy atom. The van der Waals surface area contributed by atoms with Crippen LogP contribution in [0.2, 0.25) is 4.82 Å². The summed E-state index contributed by atoms with van der Waals surface area (Å²) in [6.07, 6.45) is 2.82. The summed E-state index contributed by atoms with van der Waals surface area (Å²) in [4.78, 5) is 0.371. The second-order valence-corrected chi connectivity index (χ2v) is 7.83. The number of aliphatic hydroxyl groups excluding tert-OH is 1. The normalized spacial score (nSPS) is 15.8. The van der Waals surface area contributed by atoms with Crippen molar-refractivity contribution >= 4 is 19.4 Å². The minimum atomic E-state index is -0.294. The van der Waals surface area contributed by atoms with Crippen molar-refractivity contribution in [3.8, 4) is 0 Å². The van der Waals surface area contributed by atoms with E-state index in [1.54, 1.807) is 0 Å². The molecule has 0 saturated heterocycles. The van der Waals surface area contributed by atoms with Crippen LogP contribution >= 0.6 is 0 Å². The molecule has 0 amide bonds. The molecule has 1 aromatic rings. The third kappa shape index (κ3) is 4.97. The average Bonchev–Trinajstić information content (AvgIpc) is 2.37. The van der Waals surface area contributed by atoms with E-state index in [9.17, 15) is 5.11 Å². The SMILES string of the molecule is C/C=C(\C)C(O)C(CC(C)C)[Se]c1ccccc1. The first-order valence-corrected chi connectivity index (χ1v) is 8.41. The van der Waals surface area contributed by atoms with E-state index in [0.29, 0.717) is 25.7 Å². The van der Waals surface area contributed by atoms with E-state index in [4.69, 9.17) is 0 Å². The number of rotatable bonds is 6. The molecule has 0 radical (unpaired) electrons. The molecule has 0 spiro atoms. The van der Waals surface area contributed by atoms with E-state index in [2.05, 4.69) is 38.1 Å². The predicted octanol–water partition coefficient (Wildman–Crippen LogP) is 3.18. The summed E-state index contributed by atoms with van der Waals surface area (Å²) in [5, 5.41) is 10.4. The number of aliphatic hydroxyl groups is 1. The zero-order valence-electron chi connectivity index (χ0n) is 11.8. The van der Waals surface area contributed by atoms with Crippen molar-refractivity contribution in [3.63, 3.8) is 0 Å². The van der Waals surface area contributed by atoms with Gasteiger partial charge in [0.15, 0.2) is 0 Å². The van der Waals surface area contributed by atoms with Crippen LogP contribution in [0.25, 0.3) is 0 Å². The predicted molar refractivity (Wildman–Crippen MR) is 80.5 cm³/mol. The number of hydrogen-bond acceptors (Lipinski definition) is 1. The number of benzene rings is 1. The maximum atomic E-state index is 10.4. The van der Waals surface area contributed by atoms with E-state index >= 15 is 0 Å². The summed E-state index contributed by atoms with van der Waals surface area (Å²) in [6, 6.07) is 10.6. The Labute approximate surface area is 117 Å². The summed E-state index contributed by atoms with van der Waals surface area (Å²) in [5.74, 6) is 0.625. The summed E-state index contributed by atoms with van der Waals surface area (Å²) in [5.41, 5.74) is 1.10. The van der Waals surface area contributed by atoms with Gasteiger partial charge in [-0.05, 0) is 0 Å². The van der Waals surface area contributed by atoms with Crippen molar-refractivity contribution in [2.75, 3.05) is 0 Å². The Balaban J connectivity index is 2.78. The third-order valence-corrected chi connectivity index (χ3v) is 5.73. The molecule has 0 fully saturated rings. The van der Waals surface area contributed by atoms with Crippen molar-refractivity contribution < 1.29 is 5.11 Å². The summed E-state index contributed by atoms with van der Waals surface area (Å²) in [7, 11) is 0. The van der Waals surface area contributed by atoms with Crippen LogP contribution in [0, 0.1) is 5.92 Å². The molecule has 2 atom stereocenters. The van der Waals surface area contributed by atoms with Crippen LogP contribution in [-0.2, 0) is 0 Å². The monoisotopic (exact) mass is 312 g/mol. The van der Waals surface area contributed by atoms with Gasteiger partial charge in [-0.2, -0.15) is 0 Å². The molecule has 0 bridgehead atoms. The zero-order chi connectivity index (χ0) is 13.5. The first-order chi connectivity index (χ1) is 8.54. The fraction of sp³-hybridized carbons (Fsp3) is 0.500. The van der Waals surface area contributed by atoms with Gasteiger partial charge in [-0.15, -0.1) is 0 Å². The molecule has 0 aliphatic rings. The van der Waals surface area contributed by atoms with Crippen molar-refractivity contribution in [1.82, 2.24) is 0 Å². The van der Waals surface area contributed by atoms with Gasteiger partial charge in [-0.1, -0.05) is 0 Å². The molecule has 0 aliphatic heterocycles. The van der Waals surface area contributed by atoms with Crippen LogP contribution in [0.5, 0.6) is 0 Å². The van der Waals surface area contributed by atoms with Gasteiger partial charge in [0, 0.05) is 0 Å². The zero-order valence-corrected chi connectivity index (χ0v) is 13.5. The number of hydrogen-bond donors (Lipinski definition) is 1. The molecular formula is C16H24OSe. The molecule has 1 N–H and O–H groups in total. The quantitative estimate of drug-likeness (QED) is 0.632. The van der Waals surface area contributed by atoms with Crippen LogP contribution in [-0.4, -0.2) is 26.2 Å². The van der Waals surface area contributed by atoms with E-state index in [1.165, 1.54) is 4.46 Å². The molecule has 0 saturated carbocycles. The van der Waals surface area contributed by atoms with E-state index in [1.807, 2.05) is 26.0 Å². The molecule has 0 heterocycles. The molecule has 2 unspecified atom stereocenters. The Bertz CT molecular complexity index is 370. The summed E-state index contributed by atoms with van der Waals surface area (Å²) >= 11 is 0.329. The van der Waals surface area contributed by atoms with Gasteiger partial charge in [-0.3, -0.25) is 0 Å². The van der Waals surface area contributed by atoms with Crippen LogP contribution in [0.1, 0.15) is 34.1 Å². The van der Waals surface area contributed by atoms with Crippen molar-refractivity contribution in [2.45, 2.75) is 45.0 Å². The second-order valence-electron chi connectivity index (χ2n) is 5.08. The Hall–Kier alpha value is -0.561. The fourth-order valence-electron chi connectivity index (χ4n) is 1.84. The Kier molecular flexibility index (Phi) is 6.70. The van der Waals surface area contributed by atoms with E-state index < -0.39 is 0 Å². The van der Waals surface area contributed by atoms with Gasteiger partial charge < -0.3 is 0 Å². The van der Waals surface area contributed by atoms with Crippen LogP contribution in [0.3, 0.4) is 0 Å². The average molecular weight is 311 g/mol. The van der Waals surface area contributed by atoms with Crippen LogP contribution in [0.15, 0.2) is 42.0 Å². The standard InChI is InChI=1S/C16H24OSe/c1-5-13(4)16(17)15(11-12(2)3)18-14-9-7-6-8-10-14/h5-10,12,15-17H,11H2,1-4H3/b13-5+. The number of allylic oxidation sites excluding steroid dienone is 1. The first-order valence-electron chi connectivity index (χ1n) is 6.57. The minimum absolute atomic E-state index is 0.294. The van der Waals surface area contributed by atoms with Crippen molar-refractivity contribution in [2.24, 2.45) is 5.92 Å². The Morgan fingerprint density at radius 1 is 1.28 bits per heavy atom. The van der Waals surface area contributed by atoms with Crippen LogP contribution < -0.4 is 4.46 Å². The molecule has 18 heavy (non-hydrogen) atoms. The van der Waals surface area contributed by atoms with E-state index in [-0.39, 0.29) is 6.10 Å². The maximum absolute atomic E-state index is 10.4. The molecular weight excluding hydrogens is 287 g/mol. The molecule has 1 nitrogen and oxygen atoms in total. The third-order valence-electron chi connectivity index (χ3n) is 3.01. The fourth-order valence-corrected chi connectivity index (χ4v) is 4.97. The van der Waals surface area contributed by atoms with Crippen molar-refractivity contribution in [1.29, 1.82) is 0 Å². The van der Waals surface area contributed by atoms with Gasteiger partial charge in [0.1, 0.15) is 0 Å². The molecule has 0 aliphatic carbocycles. The van der Waals surface area contributed by atoms with E-state index in [0.717, 1.165) is 12.0 Å². The first kappa shape index (κ1) is 15.5. The van der Waals surface area contributed by atoms with Gasteiger partial charge in [-0.25, -0.2) is 0 Å². The topological polar surface area (TPSA) is 20.2 Å². The van der Waals surface area contributed by atoms with Gasteiger partial charge in [0.05, 0.1) is 0 Å². The Morgan fingerprint density at radius 2 is 1.89 bits per heavy atom. The molecule has 2 heteroatoms. The van der Waals surface area contributed by atoms with Gasteiger partial charge in [0.25, 0.3) is 0 Å². The van der Waals surface area contributed by atoms with Crippen LogP contribution in [0.4, 0.5) is 0 Å². The molecule has 1 aromatic carbocycles. The summed E-state index contributed by atoms with van der Waals surface area (Å²) < 4.78 is 1.37. The molecule has 0 aromatic heterocycles.